The summed E-state index contributed by atoms with van der Waals surface area (Å²) < 4.78 is 2.38. The zero-order valence-electron chi connectivity index (χ0n) is 12.1. The van der Waals surface area contributed by atoms with Gasteiger partial charge in [-0.15, -0.1) is 0 Å². The molecule has 1 aromatic heterocycles. The molecule has 0 atom stereocenters. The molecule has 18 heavy (non-hydrogen) atoms. The Kier molecular flexibility index (Phi) is 3.94. The van der Waals surface area contributed by atoms with Gasteiger partial charge in [0.05, 0.1) is 0 Å². The molecule has 0 amide bonds. The van der Waals surface area contributed by atoms with Gasteiger partial charge in [0.15, 0.2) is 0 Å². The molecule has 0 saturated carbocycles. The zero-order chi connectivity index (χ0) is 13.3. The number of nitrogens with zero attached hydrogens (tertiary/aromatic N) is 2. The number of rotatable bonds is 2. The molecule has 0 fully saturated rings. The van der Waals surface area contributed by atoms with Gasteiger partial charge in [0, 0.05) is 0 Å². The molecule has 2 nitrogen and oxygen atoms in total. The Labute approximate surface area is 112 Å². The van der Waals surface area contributed by atoms with Crippen LogP contribution in [-0.4, -0.2) is 24.4 Å². The summed E-state index contributed by atoms with van der Waals surface area (Å²) in [6, 6.07) is 0.517. The summed E-state index contributed by atoms with van der Waals surface area (Å²) in [5.74, 6) is 0. The molecule has 2 heterocycles. The molecule has 0 aromatic carbocycles. The fourth-order valence-corrected chi connectivity index (χ4v) is 2.89. The topological polar surface area (TPSA) is 17.3 Å². The monoisotopic (exact) mass is 240 g/mol. The second-order valence-corrected chi connectivity index (χ2v) is 5.62. The average molecular weight is 240 g/mol. The van der Waals surface area contributed by atoms with Crippen molar-refractivity contribution in [3.8, 4) is 0 Å². The maximum atomic E-state index is 4.68. The van der Waals surface area contributed by atoms with Gasteiger partial charge in [-0.25, -0.2) is 0 Å². The Balaban J connectivity index is 2.56. The van der Waals surface area contributed by atoms with Crippen LogP contribution in [0.5, 0.6) is 0 Å². The third kappa shape index (κ3) is 2.52. The number of aliphatic imine (C=N–C) groups is 1. The molecule has 0 aliphatic carbocycles. The van der Waals surface area contributed by atoms with E-state index in [2.05, 4.69) is 43.9 Å². The van der Waals surface area contributed by atoms with Gasteiger partial charge in [-0.2, -0.15) is 0 Å². The summed E-state index contributed by atoms with van der Waals surface area (Å²) >= 11 is 0. The van der Waals surface area contributed by atoms with Gasteiger partial charge in [-0.1, -0.05) is 0 Å². The van der Waals surface area contributed by atoms with Gasteiger partial charge < -0.3 is 0 Å². The van der Waals surface area contributed by atoms with Crippen LogP contribution in [-0.2, 0) is 6.42 Å². The number of hydrogen-bond donors (Lipinski definition) is 0. The molecule has 4 heteroatoms. The van der Waals surface area contributed by atoms with Crippen LogP contribution in [0.2, 0.25) is 6.32 Å². The second kappa shape index (κ2) is 5.29. The summed E-state index contributed by atoms with van der Waals surface area (Å²) in [5, 5.41) is 0. The van der Waals surface area contributed by atoms with E-state index in [1.54, 1.807) is 0 Å². The number of allylic oxidation sites excluding steroid dienone is 1. The van der Waals surface area contributed by atoms with Crippen molar-refractivity contribution in [2.45, 2.75) is 52.9 Å². The first-order valence-electron chi connectivity index (χ1n) is 6.94. The van der Waals surface area contributed by atoms with E-state index in [0.717, 1.165) is 13.0 Å². The van der Waals surface area contributed by atoms with E-state index in [-0.39, 0.29) is 0 Å². The van der Waals surface area contributed by atoms with Crippen LogP contribution >= 0.6 is 0 Å². The second-order valence-electron chi connectivity index (χ2n) is 5.62. The minimum atomic E-state index is 0.517. The van der Waals surface area contributed by atoms with Gasteiger partial charge in [0.2, 0.25) is 0 Å². The number of aryl methyl sites for hydroxylation is 1. The van der Waals surface area contributed by atoms with E-state index in [9.17, 15) is 0 Å². The molecule has 2 rings (SSSR count). The SMILES string of the molecule is C=C(C)/N=C1/BCCCc2bn(C(C)C)c(C)c21. The van der Waals surface area contributed by atoms with Crippen molar-refractivity contribution in [1.82, 2.24) is 4.47 Å². The van der Waals surface area contributed by atoms with Crippen LogP contribution in [0.15, 0.2) is 17.3 Å². The summed E-state index contributed by atoms with van der Waals surface area (Å²) in [6.07, 6.45) is 3.69. The Bertz CT molecular complexity index is 498. The third-order valence-corrected chi connectivity index (χ3v) is 3.65. The van der Waals surface area contributed by atoms with Crippen molar-refractivity contribution in [3.05, 3.63) is 29.0 Å². The zero-order valence-corrected chi connectivity index (χ0v) is 12.1. The Morgan fingerprint density at radius 3 is 2.83 bits per heavy atom. The number of fused-ring (bicyclic) bond motifs is 1. The fourth-order valence-electron chi connectivity index (χ4n) is 2.89. The molecule has 94 valence electrons. The summed E-state index contributed by atoms with van der Waals surface area (Å²) in [7, 11) is 3.41. The van der Waals surface area contributed by atoms with Crippen molar-refractivity contribution in [2.75, 3.05) is 0 Å². The van der Waals surface area contributed by atoms with Crippen LogP contribution in [0.4, 0.5) is 0 Å². The van der Waals surface area contributed by atoms with E-state index in [4.69, 9.17) is 0 Å². The van der Waals surface area contributed by atoms with Gasteiger partial charge in [0.1, 0.15) is 0 Å². The maximum absolute atomic E-state index is 4.68. The molecule has 0 radical (unpaired) electrons. The van der Waals surface area contributed by atoms with Gasteiger partial charge in [-0.3, -0.25) is 0 Å². The van der Waals surface area contributed by atoms with E-state index < -0.39 is 0 Å². The van der Waals surface area contributed by atoms with Crippen LogP contribution < -0.4 is 0 Å². The van der Waals surface area contributed by atoms with Crippen molar-refractivity contribution < 1.29 is 0 Å². The van der Waals surface area contributed by atoms with Crippen molar-refractivity contribution in [3.63, 3.8) is 0 Å². The summed E-state index contributed by atoms with van der Waals surface area (Å²) in [4.78, 5) is 4.68. The molecular weight excluding hydrogens is 218 g/mol. The molecule has 1 aliphatic heterocycles. The first-order chi connectivity index (χ1) is 8.50. The first kappa shape index (κ1) is 13.4. The molecule has 1 aliphatic rings. The normalized spacial score (nSPS) is 17.3. The van der Waals surface area contributed by atoms with E-state index in [1.165, 1.54) is 41.5 Å². The minimum absolute atomic E-state index is 0.517. The van der Waals surface area contributed by atoms with E-state index in [0.29, 0.717) is 6.04 Å². The summed E-state index contributed by atoms with van der Waals surface area (Å²) in [6.45, 7) is 12.6. The van der Waals surface area contributed by atoms with Gasteiger partial charge in [0.25, 0.3) is 0 Å². The molecular formula is C14H22B2N2. The number of aromatic nitrogens is 1. The van der Waals surface area contributed by atoms with E-state index >= 15 is 0 Å². The van der Waals surface area contributed by atoms with Crippen LogP contribution in [0.3, 0.4) is 0 Å². The van der Waals surface area contributed by atoms with Gasteiger partial charge >= 0.3 is 111 Å². The fraction of sp³-hybridized carbons (Fsp3) is 0.571. The predicted octanol–water partition coefficient (Wildman–Crippen LogP) is 2.80. The number of hydrogen-bond acceptors (Lipinski definition) is 1. The third-order valence-electron chi connectivity index (χ3n) is 3.65. The molecule has 0 saturated heterocycles. The van der Waals surface area contributed by atoms with Crippen molar-refractivity contribution in [1.29, 1.82) is 0 Å². The van der Waals surface area contributed by atoms with Crippen molar-refractivity contribution >= 4 is 19.9 Å². The molecule has 0 unspecified atom stereocenters. The van der Waals surface area contributed by atoms with E-state index in [1.807, 2.05) is 6.92 Å². The van der Waals surface area contributed by atoms with Crippen LogP contribution in [0.1, 0.15) is 49.9 Å². The van der Waals surface area contributed by atoms with Gasteiger partial charge in [-0.05, 0) is 0 Å². The molecule has 1 aromatic rings. The molecule has 0 bridgehead atoms. The quantitative estimate of drug-likeness (QED) is 0.707. The Morgan fingerprint density at radius 1 is 1.50 bits per heavy atom. The average Bonchev–Trinajstić information content (AvgIpc) is 2.48. The standard InChI is InChI=1S/C14H22B2N2/c1-9(2)17-14-13-11(5)18(10(3)4)16-12(13)7-6-8-15-14/h10,15H,1,6-8H2,2-5H3/b17-14+. The van der Waals surface area contributed by atoms with Crippen molar-refractivity contribution in [2.24, 2.45) is 4.99 Å². The summed E-state index contributed by atoms with van der Waals surface area (Å²) in [5.41, 5.74) is 6.38. The van der Waals surface area contributed by atoms with Crippen LogP contribution in [0.25, 0.3) is 0 Å². The predicted molar refractivity (Wildman–Crippen MR) is 82.5 cm³/mol. The van der Waals surface area contributed by atoms with Crippen LogP contribution in [0, 0.1) is 6.92 Å². The first-order valence-corrected chi connectivity index (χ1v) is 6.94. The molecule has 0 N–H and O–H groups in total. The molecule has 0 spiro atoms. The Hall–Kier alpha value is -1.05. The Morgan fingerprint density at radius 2 is 2.22 bits per heavy atom.